The predicted octanol–water partition coefficient (Wildman–Crippen LogP) is 4.08. The number of aryl methyl sites for hydroxylation is 1. The molecule has 2 rings (SSSR count). The molecule has 0 saturated heterocycles. The van der Waals surface area contributed by atoms with Gasteiger partial charge >= 0.3 is 0 Å². The van der Waals surface area contributed by atoms with Crippen LogP contribution >= 0.6 is 0 Å². The zero-order chi connectivity index (χ0) is 13.7. The monoisotopic (exact) mass is 260 g/mol. The van der Waals surface area contributed by atoms with Crippen LogP contribution in [-0.4, -0.2) is 11.0 Å². The highest BCUT2D eigenvalue weighted by molar-refractivity contribution is 5.21. The predicted molar refractivity (Wildman–Crippen MR) is 81.0 cm³/mol. The highest BCUT2D eigenvalue weighted by Gasteiger charge is 2.20. The zero-order valence-corrected chi connectivity index (χ0v) is 12.7. The van der Waals surface area contributed by atoms with Gasteiger partial charge in [0.15, 0.2) is 0 Å². The molecular weight excluding hydrogens is 232 g/mol. The molecule has 2 unspecified atom stereocenters. The smallest absolute Gasteiger partial charge is 0.0315 e. The van der Waals surface area contributed by atoms with Crippen molar-refractivity contribution in [3.05, 3.63) is 29.6 Å². The molecule has 0 aliphatic heterocycles. The second-order valence-electron chi connectivity index (χ2n) is 6.39. The van der Waals surface area contributed by atoms with Gasteiger partial charge in [-0.2, -0.15) is 0 Å². The number of aromatic nitrogens is 1. The molecule has 1 aliphatic carbocycles. The lowest BCUT2D eigenvalue weighted by atomic mass is 9.89. The SMILES string of the molecule is Cc1ccncc1CNC1CCCC(C(C)C)CC1. The lowest BCUT2D eigenvalue weighted by Crippen LogP contribution is -2.28. The Balaban J connectivity index is 1.82. The Bertz CT molecular complexity index is 387. The van der Waals surface area contributed by atoms with Gasteiger partial charge in [0, 0.05) is 25.0 Å². The molecule has 2 nitrogen and oxygen atoms in total. The van der Waals surface area contributed by atoms with Crippen LogP contribution in [-0.2, 0) is 6.54 Å². The average Bonchev–Trinajstić information content (AvgIpc) is 2.63. The van der Waals surface area contributed by atoms with E-state index in [9.17, 15) is 0 Å². The molecule has 2 atom stereocenters. The third-order valence-electron chi connectivity index (χ3n) is 4.68. The molecule has 1 saturated carbocycles. The zero-order valence-electron chi connectivity index (χ0n) is 12.7. The van der Waals surface area contributed by atoms with Crippen molar-refractivity contribution in [2.75, 3.05) is 0 Å². The Morgan fingerprint density at radius 2 is 2.11 bits per heavy atom. The quantitative estimate of drug-likeness (QED) is 0.825. The van der Waals surface area contributed by atoms with Gasteiger partial charge in [0.2, 0.25) is 0 Å². The highest BCUT2D eigenvalue weighted by Crippen LogP contribution is 2.28. The van der Waals surface area contributed by atoms with Crippen LogP contribution in [0.5, 0.6) is 0 Å². The summed E-state index contributed by atoms with van der Waals surface area (Å²) in [7, 11) is 0. The van der Waals surface area contributed by atoms with Gasteiger partial charge < -0.3 is 5.32 Å². The minimum absolute atomic E-state index is 0.698. The van der Waals surface area contributed by atoms with E-state index in [2.05, 4.69) is 37.1 Å². The van der Waals surface area contributed by atoms with E-state index < -0.39 is 0 Å². The molecule has 0 spiro atoms. The number of rotatable bonds is 4. The Morgan fingerprint density at radius 1 is 1.26 bits per heavy atom. The third kappa shape index (κ3) is 4.31. The Labute approximate surface area is 118 Å². The van der Waals surface area contributed by atoms with Gasteiger partial charge in [0.05, 0.1) is 0 Å². The van der Waals surface area contributed by atoms with Crippen LogP contribution in [0.1, 0.15) is 57.1 Å². The second kappa shape index (κ2) is 7.04. The fourth-order valence-corrected chi connectivity index (χ4v) is 3.14. The van der Waals surface area contributed by atoms with Crippen LogP contribution < -0.4 is 5.32 Å². The van der Waals surface area contributed by atoms with Gasteiger partial charge in [0.1, 0.15) is 0 Å². The van der Waals surface area contributed by atoms with E-state index in [1.807, 2.05) is 12.4 Å². The molecule has 0 radical (unpaired) electrons. The normalized spacial score (nSPS) is 24.4. The summed E-state index contributed by atoms with van der Waals surface area (Å²) < 4.78 is 0. The van der Waals surface area contributed by atoms with Gasteiger partial charge in [0.25, 0.3) is 0 Å². The molecule has 1 N–H and O–H groups in total. The molecule has 1 aliphatic rings. The van der Waals surface area contributed by atoms with E-state index in [1.54, 1.807) is 0 Å². The van der Waals surface area contributed by atoms with E-state index in [4.69, 9.17) is 0 Å². The van der Waals surface area contributed by atoms with Gasteiger partial charge in [-0.05, 0) is 55.2 Å². The molecule has 1 aromatic heterocycles. The fraction of sp³-hybridized carbons (Fsp3) is 0.706. The van der Waals surface area contributed by atoms with Crippen molar-refractivity contribution in [2.24, 2.45) is 11.8 Å². The second-order valence-corrected chi connectivity index (χ2v) is 6.39. The van der Waals surface area contributed by atoms with Crippen molar-refractivity contribution in [3.63, 3.8) is 0 Å². The maximum atomic E-state index is 4.22. The van der Waals surface area contributed by atoms with Crippen LogP contribution in [0.2, 0.25) is 0 Å². The van der Waals surface area contributed by atoms with E-state index in [1.165, 1.54) is 43.2 Å². The summed E-state index contributed by atoms with van der Waals surface area (Å²) in [6.45, 7) is 7.88. The summed E-state index contributed by atoms with van der Waals surface area (Å²) in [6.07, 6.45) is 10.7. The van der Waals surface area contributed by atoms with Crippen molar-refractivity contribution in [1.29, 1.82) is 0 Å². The number of nitrogens with zero attached hydrogens (tertiary/aromatic N) is 1. The number of hydrogen-bond donors (Lipinski definition) is 1. The highest BCUT2D eigenvalue weighted by atomic mass is 14.9. The van der Waals surface area contributed by atoms with Crippen molar-refractivity contribution < 1.29 is 0 Å². The number of hydrogen-bond acceptors (Lipinski definition) is 2. The number of pyridine rings is 1. The first-order chi connectivity index (χ1) is 9.16. The first-order valence-electron chi connectivity index (χ1n) is 7.79. The molecular formula is C17H28N2. The van der Waals surface area contributed by atoms with Crippen molar-refractivity contribution in [1.82, 2.24) is 10.3 Å². The molecule has 1 aromatic rings. The third-order valence-corrected chi connectivity index (χ3v) is 4.68. The standard InChI is InChI=1S/C17H28N2/c1-13(2)15-5-4-6-17(8-7-15)19-12-16-11-18-10-9-14(16)3/h9-11,13,15,17,19H,4-8,12H2,1-3H3. The van der Waals surface area contributed by atoms with Crippen LogP contribution in [0.25, 0.3) is 0 Å². The lowest BCUT2D eigenvalue weighted by molar-refractivity contribution is 0.337. The van der Waals surface area contributed by atoms with Gasteiger partial charge in [-0.3, -0.25) is 4.98 Å². The van der Waals surface area contributed by atoms with Crippen LogP contribution in [0, 0.1) is 18.8 Å². The molecule has 19 heavy (non-hydrogen) atoms. The van der Waals surface area contributed by atoms with E-state index >= 15 is 0 Å². The van der Waals surface area contributed by atoms with Crippen molar-refractivity contribution in [3.8, 4) is 0 Å². The Hall–Kier alpha value is -0.890. The molecule has 106 valence electrons. The Morgan fingerprint density at radius 3 is 2.84 bits per heavy atom. The van der Waals surface area contributed by atoms with Gasteiger partial charge in [-0.1, -0.05) is 26.7 Å². The van der Waals surface area contributed by atoms with Crippen molar-refractivity contribution in [2.45, 2.75) is 65.5 Å². The van der Waals surface area contributed by atoms with Crippen LogP contribution in [0.4, 0.5) is 0 Å². The number of nitrogens with one attached hydrogen (secondary N) is 1. The summed E-state index contributed by atoms with van der Waals surface area (Å²) in [6, 6.07) is 2.79. The van der Waals surface area contributed by atoms with Crippen LogP contribution in [0.3, 0.4) is 0 Å². The first-order valence-corrected chi connectivity index (χ1v) is 7.79. The molecule has 0 aromatic carbocycles. The summed E-state index contributed by atoms with van der Waals surface area (Å²) in [5.74, 6) is 1.78. The lowest BCUT2D eigenvalue weighted by Gasteiger charge is -2.19. The maximum Gasteiger partial charge on any atom is 0.0315 e. The van der Waals surface area contributed by atoms with E-state index in [-0.39, 0.29) is 0 Å². The first kappa shape index (κ1) is 14.5. The van der Waals surface area contributed by atoms with E-state index in [0.717, 1.165) is 18.4 Å². The molecule has 2 heteroatoms. The van der Waals surface area contributed by atoms with Gasteiger partial charge in [-0.25, -0.2) is 0 Å². The van der Waals surface area contributed by atoms with Crippen molar-refractivity contribution >= 4 is 0 Å². The molecule has 0 bridgehead atoms. The van der Waals surface area contributed by atoms with Gasteiger partial charge in [-0.15, -0.1) is 0 Å². The summed E-state index contributed by atoms with van der Waals surface area (Å²) >= 11 is 0. The summed E-state index contributed by atoms with van der Waals surface area (Å²) in [5.41, 5.74) is 2.68. The average molecular weight is 260 g/mol. The van der Waals surface area contributed by atoms with Crippen LogP contribution in [0.15, 0.2) is 18.5 Å². The largest absolute Gasteiger partial charge is 0.310 e. The Kier molecular flexibility index (Phi) is 5.38. The fourth-order valence-electron chi connectivity index (χ4n) is 3.14. The maximum absolute atomic E-state index is 4.22. The molecule has 1 heterocycles. The summed E-state index contributed by atoms with van der Waals surface area (Å²) in [4.78, 5) is 4.22. The molecule has 1 fully saturated rings. The van der Waals surface area contributed by atoms with E-state index in [0.29, 0.717) is 6.04 Å². The summed E-state index contributed by atoms with van der Waals surface area (Å²) in [5, 5.41) is 3.74. The minimum atomic E-state index is 0.698. The topological polar surface area (TPSA) is 24.9 Å². The minimum Gasteiger partial charge on any atom is -0.310 e. The molecule has 0 amide bonds.